The molecule has 0 spiro atoms. The molecule has 1 aromatic carbocycles. The van der Waals surface area contributed by atoms with Crippen molar-refractivity contribution < 1.29 is 23.8 Å². The highest BCUT2D eigenvalue weighted by Gasteiger charge is 2.27. The number of nitrogens with zero attached hydrogens (tertiary/aromatic N) is 3. The molecular formula is C16H13F2N3O4. The Bertz CT molecular complexity index is 991. The Balaban J connectivity index is 0.000000415. The molecule has 0 saturated heterocycles. The Kier molecular flexibility index (Phi) is 4.22. The van der Waals surface area contributed by atoms with Crippen LogP contribution in [-0.2, 0) is 0 Å². The van der Waals surface area contributed by atoms with Crippen molar-refractivity contribution in [1.29, 1.82) is 0 Å². The average Bonchev–Trinajstić information content (AvgIpc) is 3.24. The quantitative estimate of drug-likeness (QED) is 0.741. The molecule has 0 bridgehead atoms. The third kappa shape index (κ3) is 3.21. The van der Waals surface area contributed by atoms with Gasteiger partial charge in [0.1, 0.15) is 5.69 Å². The standard InChI is InChI=1S/C15H11F2N3O.CH2O3/c16-11-7-10-12(21)3-5-20(9-1-2-9)14(10)13(17)15(11)19-6-4-18-8-19;2-1(3)4/h3-9H,1-2H2;(H2,2,3,4). The van der Waals surface area contributed by atoms with E-state index in [4.69, 9.17) is 15.0 Å². The molecule has 2 N–H and O–H groups in total. The first kappa shape index (κ1) is 16.6. The molecule has 0 unspecified atom stereocenters. The van der Waals surface area contributed by atoms with Gasteiger partial charge in [0.2, 0.25) is 0 Å². The van der Waals surface area contributed by atoms with Gasteiger partial charge in [-0.05, 0) is 18.9 Å². The number of rotatable bonds is 2. The zero-order valence-corrected chi connectivity index (χ0v) is 12.8. The third-order valence-corrected chi connectivity index (χ3v) is 3.78. The van der Waals surface area contributed by atoms with Crippen molar-refractivity contribution in [2.75, 3.05) is 0 Å². The Morgan fingerprint density at radius 1 is 1.24 bits per heavy atom. The van der Waals surface area contributed by atoms with Crippen LogP contribution >= 0.6 is 0 Å². The maximum Gasteiger partial charge on any atom is 0.503 e. The van der Waals surface area contributed by atoms with Crippen LogP contribution in [0.5, 0.6) is 0 Å². The minimum Gasteiger partial charge on any atom is -0.450 e. The fourth-order valence-electron chi connectivity index (χ4n) is 2.64. The highest BCUT2D eigenvalue weighted by molar-refractivity contribution is 5.82. The number of carbonyl (C=O) groups is 1. The minimum atomic E-state index is -1.83. The zero-order chi connectivity index (χ0) is 18.1. The molecule has 1 aliphatic rings. The lowest BCUT2D eigenvalue weighted by molar-refractivity contribution is 0.137. The maximum absolute atomic E-state index is 14.9. The molecule has 3 aromatic rings. The Morgan fingerprint density at radius 3 is 2.48 bits per heavy atom. The summed E-state index contributed by atoms with van der Waals surface area (Å²) < 4.78 is 32.1. The average molecular weight is 349 g/mol. The van der Waals surface area contributed by atoms with Crippen LogP contribution in [0.3, 0.4) is 0 Å². The molecule has 7 nitrogen and oxygen atoms in total. The second kappa shape index (κ2) is 6.34. The number of imidazole rings is 1. The molecule has 0 radical (unpaired) electrons. The molecule has 1 fully saturated rings. The molecule has 0 amide bonds. The summed E-state index contributed by atoms with van der Waals surface area (Å²) in [7, 11) is 0. The number of halogens is 2. The molecule has 2 heterocycles. The first-order valence-electron chi connectivity index (χ1n) is 7.33. The molecule has 2 aromatic heterocycles. The summed E-state index contributed by atoms with van der Waals surface area (Å²) in [6.07, 6.45) is 5.87. The fraction of sp³-hybridized carbons (Fsp3) is 0.188. The molecule has 1 aliphatic carbocycles. The number of benzene rings is 1. The van der Waals surface area contributed by atoms with Crippen LogP contribution in [0.15, 0.2) is 41.8 Å². The van der Waals surface area contributed by atoms with E-state index in [-0.39, 0.29) is 28.1 Å². The second-order valence-corrected chi connectivity index (χ2v) is 5.49. The first-order chi connectivity index (χ1) is 11.9. The van der Waals surface area contributed by atoms with Gasteiger partial charge in [0.05, 0.1) is 17.2 Å². The van der Waals surface area contributed by atoms with Crippen LogP contribution in [-0.4, -0.2) is 30.5 Å². The number of pyridine rings is 1. The van der Waals surface area contributed by atoms with Crippen LogP contribution < -0.4 is 5.43 Å². The van der Waals surface area contributed by atoms with Crippen LogP contribution in [0.25, 0.3) is 16.6 Å². The number of aromatic nitrogens is 3. The van der Waals surface area contributed by atoms with Crippen LogP contribution in [0.1, 0.15) is 18.9 Å². The van der Waals surface area contributed by atoms with E-state index in [1.165, 1.54) is 29.4 Å². The normalized spacial score (nSPS) is 13.4. The van der Waals surface area contributed by atoms with E-state index < -0.39 is 17.8 Å². The smallest absolute Gasteiger partial charge is 0.450 e. The van der Waals surface area contributed by atoms with Gasteiger partial charge < -0.3 is 19.3 Å². The van der Waals surface area contributed by atoms with Gasteiger partial charge in [-0.25, -0.2) is 18.6 Å². The van der Waals surface area contributed by atoms with Gasteiger partial charge in [-0.3, -0.25) is 4.79 Å². The summed E-state index contributed by atoms with van der Waals surface area (Å²) in [4.78, 5) is 24.3. The van der Waals surface area contributed by atoms with Gasteiger partial charge in [-0.1, -0.05) is 0 Å². The molecule has 4 rings (SSSR count). The molecule has 0 aliphatic heterocycles. The monoisotopic (exact) mass is 349 g/mol. The number of carboxylic acid groups (broad SMARTS) is 2. The van der Waals surface area contributed by atoms with Crippen molar-refractivity contribution in [2.24, 2.45) is 0 Å². The second-order valence-electron chi connectivity index (χ2n) is 5.49. The summed E-state index contributed by atoms with van der Waals surface area (Å²) in [5.74, 6) is -1.50. The summed E-state index contributed by atoms with van der Waals surface area (Å²) in [5, 5.41) is 14.0. The van der Waals surface area contributed by atoms with Crippen molar-refractivity contribution in [3.63, 3.8) is 0 Å². The van der Waals surface area contributed by atoms with Gasteiger partial charge in [0, 0.05) is 30.7 Å². The van der Waals surface area contributed by atoms with Crippen molar-refractivity contribution in [3.8, 4) is 5.69 Å². The summed E-state index contributed by atoms with van der Waals surface area (Å²) in [6, 6.07) is 2.65. The first-order valence-corrected chi connectivity index (χ1v) is 7.33. The van der Waals surface area contributed by atoms with E-state index >= 15 is 0 Å². The van der Waals surface area contributed by atoms with Gasteiger partial charge in [0.25, 0.3) is 0 Å². The maximum atomic E-state index is 14.9. The molecule has 130 valence electrons. The minimum absolute atomic E-state index is 0.0725. The van der Waals surface area contributed by atoms with Crippen LogP contribution in [0, 0.1) is 11.6 Å². The fourth-order valence-corrected chi connectivity index (χ4v) is 2.64. The molecule has 0 atom stereocenters. The van der Waals surface area contributed by atoms with Gasteiger partial charge in [-0.15, -0.1) is 0 Å². The predicted molar refractivity (Wildman–Crippen MR) is 84.2 cm³/mol. The predicted octanol–water partition coefficient (Wildman–Crippen LogP) is 3.02. The number of fused-ring (bicyclic) bond motifs is 1. The lowest BCUT2D eigenvalue weighted by atomic mass is 10.1. The van der Waals surface area contributed by atoms with Gasteiger partial charge in [0.15, 0.2) is 17.1 Å². The van der Waals surface area contributed by atoms with Crippen LogP contribution in [0.2, 0.25) is 0 Å². The highest BCUT2D eigenvalue weighted by Crippen LogP contribution is 2.38. The van der Waals surface area contributed by atoms with E-state index in [1.54, 1.807) is 10.8 Å². The molecule has 9 heteroatoms. The lowest BCUT2D eigenvalue weighted by Crippen LogP contribution is -2.12. The molecule has 25 heavy (non-hydrogen) atoms. The van der Waals surface area contributed by atoms with Crippen molar-refractivity contribution in [1.82, 2.24) is 14.1 Å². The largest absolute Gasteiger partial charge is 0.503 e. The zero-order valence-electron chi connectivity index (χ0n) is 12.8. The Hall–Kier alpha value is -3.23. The van der Waals surface area contributed by atoms with Crippen molar-refractivity contribution in [3.05, 3.63) is 58.9 Å². The number of hydrogen-bond acceptors (Lipinski definition) is 3. The molecule has 1 saturated carbocycles. The Labute approximate surface area is 139 Å². The van der Waals surface area contributed by atoms with E-state index in [0.717, 1.165) is 18.9 Å². The number of hydrogen-bond donors (Lipinski definition) is 2. The van der Waals surface area contributed by atoms with Crippen LogP contribution in [0.4, 0.5) is 13.6 Å². The lowest BCUT2D eigenvalue weighted by Gasteiger charge is -2.14. The third-order valence-electron chi connectivity index (χ3n) is 3.78. The Morgan fingerprint density at radius 2 is 1.92 bits per heavy atom. The van der Waals surface area contributed by atoms with E-state index in [1.807, 2.05) is 0 Å². The SMILES string of the molecule is O=C(O)O.O=c1ccn(C2CC2)c2c(F)c(-n3ccnc3)c(F)cc12. The van der Waals surface area contributed by atoms with Crippen molar-refractivity contribution >= 4 is 17.1 Å². The van der Waals surface area contributed by atoms with E-state index in [0.29, 0.717) is 0 Å². The van der Waals surface area contributed by atoms with E-state index in [2.05, 4.69) is 4.98 Å². The summed E-state index contributed by atoms with van der Waals surface area (Å²) in [6.45, 7) is 0. The van der Waals surface area contributed by atoms with Crippen molar-refractivity contribution in [2.45, 2.75) is 18.9 Å². The highest BCUT2D eigenvalue weighted by atomic mass is 19.1. The van der Waals surface area contributed by atoms with Gasteiger partial charge >= 0.3 is 6.16 Å². The summed E-state index contributed by atoms with van der Waals surface area (Å²) in [5.41, 5.74) is -0.424. The molecular weight excluding hydrogens is 336 g/mol. The van der Waals surface area contributed by atoms with E-state index in [9.17, 15) is 13.6 Å². The van der Waals surface area contributed by atoms with Gasteiger partial charge in [-0.2, -0.15) is 0 Å². The topological polar surface area (TPSA) is 97.4 Å². The summed E-state index contributed by atoms with van der Waals surface area (Å²) >= 11 is 0.